The van der Waals surface area contributed by atoms with E-state index in [0.717, 1.165) is 5.46 Å². The summed E-state index contributed by atoms with van der Waals surface area (Å²) in [6.45, 7) is 1.40. The fraction of sp³-hybridized carbons (Fsp3) is 0. The molecule has 0 saturated carbocycles. The van der Waals surface area contributed by atoms with Gasteiger partial charge in [0.2, 0.25) is 0 Å². The van der Waals surface area contributed by atoms with Crippen LogP contribution in [0.3, 0.4) is 0 Å². The summed E-state index contributed by atoms with van der Waals surface area (Å²) < 4.78 is 12.2. The molecule has 1 aromatic rings. The third-order valence-corrected chi connectivity index (χ3v) is 1.25. The average Bonchev–Trinajstić information content (AvgIpc) is 1.90. The Labute approximate surface area is 58.8 Å². The highest BCUT2D eigenvalue weighted by atomic mass is 35.5. The number of benzene rings is 1. The molecule has 0 bridgehead atoms. The number of hydrogen-bond acceptors (Lipinski definition) is 0. The van der Waals surface area contributed by atoms with E-state index >= 15 is 0 Å². The van der Waals surface area contributed by atoms with Crippen LogP contribution in [0, 0.1) is 5.82 Å². The number of rotatable bonds is 1. The fourth-order valence-electron chi connectivity index (χ4n) is 0.536. The van der Waals surface area contributed by atoms with Gasteiger partial charge in [-0.1, -0.05) is 17.6 Å². The Hall–Kier alpha value is -0.495. The van der Waals surface area contributed by atoms with Gasteiger partial charge in [-0.3, -0.25) is 0 Å². The van der Waals surface area contributed by atoms with Crippen molar-refractivity contribution in [3.8, 4) is 0 Å². The predicted octanol–water partition coefficient (Wildman–Crippen LogP) is 1.31. The van der Waals surface area contributed by atoms with E-state index in [4.69, 9.17) is 11.5 Å². The van der Waals surface area contributed by atoms with E-state index in [2.05, 4.69) is 0 Å². The Bertz CT molecular complexity index is 185. The van der Waals surface area contributed by atoms with Crippen molar-refractivity contribution in [2.75, 3.05) is 0 Å². The van der Waals surface area contributed by atoms with Gasteiger partial charge >= 0.3 is 0 Å². The average molecular weight is 141 g/mol. The van der Waals surface area contributed by atoms with Crippen molar-refractivity contribution < 1.29 is 4.39 Å². The third-order valence-electron chi connectivity index (χ3n) is 0.996. The first-order valence-corrected chi connectivity index (χ1v) is 2.95. The van der Waals surface area contributed by atoms with Crippen molar-refractivity contribution in [3.05, 3.63) is 30.1 Å². The Kier molecular flexibility index (Phi) is 2.12. The van der Waals surface area contributed by atoms with Crippen LogP contribution in [0.5, 0.6) is 0 Å². The summed E-state index contributed by atoms with van der Waals surface area (Å²) in [4.78, 5) is 0. The van der Waals surface area contributed by atoms with Crippen molar-refractivity contribution in [2.24, 2.45) is 0 Å². The van der Waals surface area contributed by atoms with Gasteiger partial charge in [-0.2, -0.15) is 11.5 Å². The first kappa shape index (κ1) is 6.62. The highest BCUT2D eigenvalue weighted by molar-refractivity contribution is 7.01. The van der Waals surface area contributed by atoms with Gasteiger partial charge in [-0.25, -0.2) is 4.39 Å². The second-order valence-electron chi connectivity index (χ2n) is 1.66. The summed E-state index contributed by atoms with van der Waals surface area (Å²) in [6.07, 6.45) is 0. The second-order valence-corrected chi connectivity index (χ2v) is 1.88. The molecule has 0 unspecified atom stereocenters. The first-order valence-electron chi connectivity index (χ1n) is 2.52. The monoisotopic (exact) mass is 141 g/mol. The molecule has 1 rings (SSSR count). The van der Waals surface area contributed by atoms with Gasteiger partial charge in [0.05, 0.1) is 0 Å². The highest BCUT2D eigenvalue weighted by Gasteiger charge is 1.90. The second kappa shape index (κ2) is 2.88. The maximum absolute atomic E-state index is 12.2. The van der Waals surface area contributed by atoms with Crippen molar-refractivity contribution >= 4 is 23.6 Å². The molecule has 0 aromatic heterocycles. The van der Waals surface area contributed by atoms with Crippen LogP contribution in [0.4, 0.5) is 4.39 Å². The topological polar surface area (TPSA) is 0 Å². The molecule has 0 aliphatic heterocycles. The van der Waals surface area contributed by atoms with E-state index in [1.165, 1.54) is 18.8 Å². The van der Waals surface area contributed by atoms with Gasteiger partial charge < -0.3 is 0 Å². The number of halogens is 2. The summed E-state index contributed by atoms with van der Waals surface area (Å²) in [6, 6.07) is 5.97. The van der Waals surface area contributed by atoms with Gasteiger partial charge in [0.15, 0.2) is 0 Å². The summed E-state index contributed by atoms with van der Waals surface area (Å²) in [5, 5.41) is 0. The molecule has 0 spiro atoms. The lowest BCUT2D eigenvalue weighted by atomic mass is 9.95. The Morgan fingerprint density at radius 1 is 1.22 bits per heavy atom. The van der Waals surface area contributed by atoms with Crippen LogP contribution in [0.1, 0.15) is 0 Å². The van der Waals surface area contributed by atoms with E-state index < -0.39 is 0 Å². The molecule has 0 saturated heterocycles. The molecule has 0 heterocycles. The van der Waals surface area contributed by atoms with Gasteiger partial charge in [0.1, 0.15) is 5.82 Å². The molecule has 45 valence electrons. The summed E-state index contributed by atoms with van der Waals surface area (Å²) in [7, 11) is 0. The predicted molar refractivity (Wildman–Crippen MR) is 37.6 cm³/mol. The standard InChI is InChI=1S/C6H4BClF/c8-7-5-1-3-6(9)4-2-5/h1-4H. The van der Waals surface area contributed by atoms with Crippen molar-refractivity contribution in [1.82, 2.24) is 0 Å². The van der Waals surface area contributed by atoms with Crippen LogP contribution in [-0.4, -0.2) is 6.69 Å². The van der Waals surface area contributed by atoms with E-state index in [0.29, 0.717) is 0 Å². The van der Waals surface area contributed by atoms with Gasteiger partial charge in [0.25, 0.3) is 6.69 Å². The molecule has 0 atom stereocenters. The highest BCUT2D eigenvalue weighted by Crippen LogP contribution is 1.91. The molecule has 1 radical (unpaired) electrons. The Morgan fingerprint density at radius 2 is 1.78 bits per heavy atom. The molecule has 1 aromatic carbocycles. The molecule has 9 heavy (non-hydrogen) atoms. The summed E-state index contributed by atoms with van der Waals surface area (Å²) in [5.74, 6) is -0.239. The van der Waals surface area contributed by atoms with Crippen molar-refractivity contribution in [3.63, 3.8) is 0 Å². The van der Waals surface area contributed by atoms with Crippen LogP contribution in [0.2, 0.25) is 0 Å². The van der Waals surface area contributed by atoms with E-state index in [1.807, 2.05) is 0 Å². The van der Waals surface area contributed by atoms with E-state index in [-0.39, 0.29) is 5.82 Å². The summed E-state index contributed by atoms with van der Waals surface area (Å²) >= 11 is 5.33. The van der Waals surface area contributed by atoms with Crippen LogP contribution in [0.25, 0.3) is 0 Å². The molecule has 0 N–H and O–H groups in total. The first-order chi connectivity index (χ1) is 4.33. The maximum atomic E-state index is 12.2. The van der Waals surface area contributed by atoms with E-state index in [1.54, 1.807) is 12.1 Å². The van der Waals surface area contributed by atoms with Gasteiger partial charge in [-0.15, -0.1) is 0 Å². The molecular weight excluding hydrogens is 137 g/mol. The minimum Gasteiger partial charge on any atom is -0.207 e. The quantitative estimate of drug-likeness (QED) is 0.517. The molecule has 0 aliphatic carbocycles. The van der Waals surface area contributed by atoms with Crippen LogP contribution in [0.15, 0.2) is 24.3 Å². The zero-order valence-electron chi connectivity index (χ0n) is 4.64. The molecule has 3 heteroatoms. The van der Waals surface area contributed by atoms with Crippen LogP contribution in [-0.2, 0) is 0 Å². The maximum Gasteiger partial charge on any atom is 0.275 e. The zero-order valence-corrected chi connectivity index (χ0v) is 5.40. The zero-order chi connectivity index (χ0) is 6.69. The normalized spacial score (nSPS) is 9.11. The van der Waals surface area contributed by atoms with E-state index in [9.17, 15) is 4.39 Å². The lowest BCUT2D eigenvalue weighted by Crippen LogP contribution is -2.06. The molecule has 0 amide bonds. The lowest BCUT2D eigenvalue weighted by molar-refractivity contribution is 0.628. The number of hydrogen-bond donors (Lipinski definition) is 0. The Balaban J connectivity index is 2.88. The van der Waals surface area contributed by atoms with Crippen LogP contribution < -0.4 is 5.46 Å². The van der Waals surface area contributed by atoms with Crippen molar-refractivity contribution in [1.29, 1.82) is 0 Å². The Morgan fingerprint density at radius 3 is 2.22 bits per heavy atom. The molecule has 0 fully saturated rings. The smallest absolute Gasteiger partial charge is 0.207 e. The SMILES string of the molecule is Fc1ccc([B]Cl)cc1. The lowest BCUT2D eigenvalue weighted by Gasteiger charge is -1.89. The van der Waals surface area contributed by atoms with Crippen molar-refractivity contribution in [2.45, 2.75) is 0 Å². The largest absolute Gasteiger partial charge is 0.275 e. The van der Waals surface area contributed by atoms with Crippen LogP contribution >= 0.6 is 11.5 Å². The minimum absolute atomic E-state index is 0.239. The minimum atomic E-state index is -0.239. The fourth-order valence-corrected chi connectivity index (χ4v) is 0.681. The van der Waals surface area contributed by atoms with Gasteiger partial charge in [0, 0.05) is 0 Å². The summed E-state index contributed by atoms with van der Waals surface area (Å²) in [5.41, 5.74) is 0.818. The molecule has 0 aliphatic rings. The third kappa shape index (κ3) is 1.72. The van der Waals surface area contributed by atoms with Gasteiger partial charge in [-0.05, 0) is 12.1 Å². The molecular formula is C6H4BClF. The molecule has 0 nitrogen and oxygen atoms in total.